The molecule has 0 radical (unpaired) electrons. The van der Waals surface area contributed by atoms with E-state index in [9.17, 15) is 4.79 Å². The van der Waals surface area contributed by atoms with Crippen LogP contribution in [0.25, 0.3) is 0 Å². The number of carboxylic acids is 1. The number of hydrazine groups is 1. The van der Waals surface area contributed by atoms with E-state index >= 15 is 0 Å². The van der Waals surface area contributed by atoms with Crippen LogP contribution >= 0.6 is 35.4 Å². The number of allylic oxidation sites excluding steroid dienone is 1. The van der Waals surface area contributed by atoms with E-state index in [0.29, 0.717) is 0 Å². The molecule has 0 atom stereocenters. The molecule has 0 aromatic carbocycles. The first kappa shape index (κ1) is 13.1. The summed E-state index contributed by atoms with van der Waals surface area (Å²) in [5, 5.41) is 11.1. The van der Waals surface area contributed by atoms with Crippen LogP contribution in [0.2, 0.25) is 0 Å². The maximum absolute atomic E-state index is 10.3. The van der Waals surface area contributed by atoms with Crippen LogP contribution in [-0.4, -0.2) is 22.4 Å². The van der Waals surface area contributed by atoms with E-state index in [-0.39, 0.29) is 10.1 Å². The Labute approximate surface area is 94.7 Å². The molecule has 0 aliphatic rings. The topological polar surface area (TPSA) is 99.7 Å². The fourth-order valence-electron chi connectivity index (χ4n) is 0.339. The van der Waals surface area contributed by atoms with Crippen LogP contribution in [-0.2, 0) is 4.79 Å². The van der Waals surface area contributed by atoms with E-state index in [1.165, 1.54) is 0 Å². The lowest BCUT2D eigenvalue weighted by molar-refractivity contribution is -0.131. The first-order chi connectivity index (χ1) is 6.49. The van der Waals surface area contributed by atoms with Gasteiger partial charge >= 0.3 is 5.97 Å². The second kappa shape index (κ2) is 6.55. The van der Waals surface area contributed by atoms with Crippen LogP contribution in [0.1, 0.15) is 0 Å². The zero-order valence-electron chi connectivity index (χ0n) is 6.62. The van der Waals surface area contributed by atoms with Gasteiger partial charge in [-0.25, -0.2) is 10.6 Å². The second-order valence-corrected chi connectivity index (χ2v) is 3.00. The maximum Gasteiger partial charge on any atom is 0.348 e. The monoisotopic (exact) mass is 256 g/mol. The summed E-state index contributed by atoms with van der Waals surface area (Å²) in [6.07, 6.45) is 0.988. The van der Waals surface area contributed by atoms with Crippen LogP contribution in [0.4, 0.5) is 0 Å². The Kier molecular flexibility index (Phi) is 6.13. The van der Waals surface area contributed by atoms with Crippen molar-refractivity contribution in [2.75, 3.05) is 0 Å². The highest BCUT2D eigenvalue weighted by Crippen LogP contribution is 2.11. The van der Waals surface area contributed by atoms with Gasteiger partial charge in [-0.2, -0.15) is 5.10 Å². The van der Waals surface area contributed by atoms with Gasteiger partial charge in [0.05, 0.1) is 11.2 Å². The molecule has 0 saturated carbocycles. The summed E-state index contributed by atoms with van der Waals surface area (Å²) >= 11 is 15.3. The number of rotatable bonds is 3. The summed E-state index contributed by atoms with van der Waals surface area (Å²) in [7, 11) is 0. The predicted octanol–water partition coefficient (Wildman–Crippen LogP) is 0.0838. The quantitative estimate of drug-likeness (QED) is 0.188. The van der Waals surface area contributed by atoms with Crippen molar-refractivity contribution in [3.63, 3.8) is 0 Å². The molecule has 0 amide bonds. The first-order valence-electron chi connectivity index (χ1n) is 3.07. The van der Waals surface area contributed by atoms with Crippen molar-refractivity contribution in [2.45, 2.75) is 0 Å². The van der Waals surface area contributed by atoms with Crippen molar-refractivity contribution < 1.29 is 9.90 Å². The van der Waals surface area contributed by atoms with Crippen molar-refractivity contribution in [3.8, 4) is 0 Å². The van der Waals surface area contributed by atoms with Gasteiger partial charge in [-0.1, -0.05) is 23.2 Å². The highest BCUT2D eigenvalue weighted by atomic mass is 35.5. The lowest BCUT2D eigenvalue weighted by atomic mass is 10.5. The summed E-state index contributed by atoms with van der Waals surface area (Å²) in [6, 6.07) is 0. The molecule has 0 saturated heterocycles. The summed E-state index contributed by atoms with van der Waals surface area (Å²) < 4.78 is 0. The van der Waals surface area contributed by atoms with Gasteiger partial charge in [-0.15, -0.1) is 0 Å². The third-order valence-electron chi connectivity index (χ3n) is 0.873. The number of halogens is 2. The van der Waals surface area contributed by atoms with Gasteiger partial charge in [0.1, 0.15) is 5.03 Å². The number of carbonyl (C=O) groups is 1. The number of nitrogens with zero attached hydrogens (tertiary/aromatic N) is 1. The minimum atomic E-state index is -1.34. The lowest BCUT2D eigenvalue weighted by Gasteiger charge is -1.98. The predicted molar refractivity (Wildman–Crippen MR) is 57.9 cm³/mol. The SMILES string of the molecule is NNC(=S)N/N=C/C(Cl)=C(/Cl)C(=O)O. The maximum atomic E-state index is 10.3. The molecule has 0 rings (SSSR count). The number of aliphatic carboxylic acids is 1. The van der Waals surface area contributed by atoms with Gasteiger partial charge in [0.25, 0.3) is 0 Å². The van der Waals surface area contributed by atoms with Crippen molar-refractivity contribution in [1.29, 1.82) is 0 Å². The van der Waals surface area contributed by atoms with Gasteiger partial charge in [-0.3, -0.25) is 10.9 Å². The Morgan fingerprint density at radius 1 is 1.57 bits per heavy atom. The molecule has 0 aromatic heterocycles. The van der Waals surface area contributed by atoms with Crippen molar-refractivity contribution in [3.05, 3.63) is 10.1 Å². The number of thiocarbonyl (C=S) groups is 1. The van der Waals surface area contributed by atoms with Crippen LogP contribution in [0, 0.1) is 0 Å². The molecule has 0 bridgehead atoms. The zero-order valence-corrected chi connectivity index (χ0v) is 8.95. The van der Waals surface area contributed by atoms with Gasteiger partial charge < -0.3 is 5.11 Å². The highest BCUT2D eigenvalue weighted by molar-refractivity contribution is 7.80. The average molecular weight is 257 g/mol. The van der Waals surface area contributed by atoms with Crippen molar-refractivity contribution in [2.24, 2.45) is 10.9 Å². The first-order valence-corrected chi connectivity index (χ1v) is 4.23. The molecule has 0 fully saturated rings. The molecule has 0 spiro atoms. The number of carboxylic acid groups (broad SMARTS) is 1. The van der Waals surface area contributed by atoms with E-state index < -0.39 is 11.0 Å². The molecule has 9 heteroatoms. The van der Waals surface area contributed by atoms with Crippen LogP contribution in [0.15, 0.2) is 15.2 Å². The number of nitrogens with one attached hydrogen (secondary N) is 2. The Morgan fingerprint density at radius 2 is 2.14 bits per heavy atom. The summed E-state index contributed by atoms with van der Waals surface area (Å²) in [6.45, 7) is 0. The van der Waals surface area contributed by atoms with Crippen LogP contribution in [0.5, 0.6) is 0 Å². The fraction of sp³-hybridized carbons (Fsp3) is 0. The molecule has 0 aliphatic heterocycles. The van der Waals surface area contributed by atoms with Crippen molar-refractivity contribution >= 4 is 52.7 Å². The summed E-state index contributed by atoms with van der Waals surface area (Å²) in [5.74, 6) is 3.56. The van der Waals surface area contributed by atoms with Gasteiger partial charge in [0.2, 0.25) is 5.11 Å². The minimum Gasteiger partial charge on any atom is -0.477 e. The van der Waals surface area contributed by atoms with Gasteiger partial charge in [-0.05, 0) is 12.2 Å². The Balaban J connectivity index is 4.31. The van der Waals surface area contributed by atoms with Gasteiger partial charge in [0.15, 0.2) is 0 Å². The van der Waals surface area contributed by atoms with Gasteiger partial charge in [0, 0.05) is 0 Å². The standard InChI is InChI=1S/C5H6Cl2N4O2S/c6-2(3(7)4(12)13)1-9-11-5(14)10-8/h1H,8H2,(H,12,13)(H2,10,11,14)/b3-2-,9-1+. The molecule has 0 aromatic rings. The molecule has 78 valence electrons. The van der Waals surface area contributed by atoms with E-state index in [2.05, 4.69) is 28.2 Å². The fourth-order valence-corrected chi connectivity index (χ4v) is 0.570. The molecule has 0 heterocycles. The van der Waals surface area contributed by atoms with Crippen LogP contribution in [0.3, 0.4) is 0 Å². The Hall–Kier alpha value is -0.890. The minimum absolute atomic E-state index is 0.0529. The third-order valence-corrected chi connectivity index (χ3v) is 1.83. The normalized spacial score (nSPS) is 12.2. The molecule has 14 heavy (non-hydrogen) atoms. The third kappa shape index (κ3) is 4.97. The summed E-state index contributed by atoms with van der Waals surface area (Å²) in [5.41, 5.74) is 4.34. The Bertz CT molecular complexity index is 304. The zero-order chi connectivity index (χ0) is 11.1. The van der Waals surface area contributed by atoms with Crippen molar-refractivity contribution in [1.82, 2.24) is 10.9 Å². The lowest BCUT2D eigenvalue weighted by Crippen LogP contribution is -2.37. The molecular weight excluding hydrogens is 251 g/mol. The molecule has 0 unspecified atom stereocenters. The van der Waals surface area contributed by atoms with E-state index in [4.69, 9.17) is 34.2 Å². The average Bonchev–Trinajstić information content (AvgIpc) is 2.15. The Morgan fingerprint density at radius 3 is 2.57 bits per heavy atom. The van der Waals surface area contributed by atoms with E-state index in [0.717, 1.165) is 6.21 Å². The largest absolute Gasteiger partial charge is 0.477 e. The molecule has 6 nitrogen and oxygen atoms in total. The second-order valence-electron chi connectivity index (χ2n) is 1.81. The summed E-state index contributed by atoms with van der Waals surface area (Å²) in [4.78, 5) is 10.3. The van der Waals surface area contributed by atoms with E-state index in [1.807, 2.05) is 0 Å². The number of nitrogens with two attached hydrogens (primary N) is 1. The van der Waals surface area contributed by atoms with E-state index in [1.54, 1.807) is 0 Å². The van der Waals surface area contributed by atoms with Crippen LogP contribution < -0.4 is 16.7 Å². The molecular formula is C5H6Cl2N4O2S. The molecule has 5 N–H and O–H groups in total. The number of hydrogen-bond donors (Lipinski definition) is 4. The number of hydrogen-bond acceptors (Lipinski definition) is 4. The highest BCUT2D eigenvalue weighted by Gasteiger charge is 2.07. The molecule has 0 aliphatic carbocycles. The number of hydrazone groups is 1. The smallest absolute Gasteiger partial charge is 0.348 e.